The van der Waals surface area contributed by atoms with Gasteiger partial charge in [0.1, 0.15) is 9.88 Å². The van der Waals surface area contributed by atoms with E-state index in [1.807, 2.05) is 55.5 Å². The largest absolute Gasteiger partial charge is 0.321 e. The van der Waals surface area contributed by atoms with Crippen molar-refractivity contribution >= 4 is 34.7 Å². The Morgan fingerprint density at radius 3 is 2.54 bits per heavy atom. The number of hydrogen-bond donors (Lipinski definition) is 1. The van der Waals surface area contributed by atoms with Crippen LogP contribution in [0.2, 0.25) is 0 Å². The van der Waals surface area contributed by atoms with Gasteiger partial charge in [-0.3, -0.25) is 4.79 Å². The van der Waals surface area contributed by atoms with Gasteiger partial charge in [0, 0.05) is 28.5 Å². The van der Waals surface area contributed by atoms with Gasteiger partial charge >= 0.3 is 0 Å². The van der Waals surface area contributed by atoms with Crippen LogP contribution < -0.4 is 5.32 Å². The topological polar surface area (TPSA) is 67.8 Å². The third-order valence-corrected chi connectivity index (χ3v) is 5.88. The van der Waals surface area contributed by atoms with E-state index in [-0.39, 0.29) is 5.91 Å². The number of thiazole rings is 1. The van der Waals surface area contributed by atoms with E-state index < -0.39 is 0 Å². The lowest BCUT2D eigenvalue weighted by Gasteiger charge is -2.09. The summed E-state index contributed by atoms with van der Waals surface area (Å²) < 4.78 is 0. The lowest BCUT2D eigenvalue weighted by Crippen LogP contribution is -2.11. The molecule has 0 aliphatic carbocycles. The summed E-state index contributed by atoms with van der Waals surface area (Å²) in [5, 5.41) is 4.50. The SMILES string of the molecule is Cc1cc(Sc2ncccn2)ccc1NC(=O)c1cnc(-c2ccccc2)s1. The van der Waals surface area contributed by atoms with Gasteiger partial charge in [-0.05, 0) is 48.5 Å². The number of aromatic nitrogens is 3. The second-order valence-electron chi connectivity index (χ2n) is 5.96. The number of hydrogen-bond acceptors (Lipinski definition) is 6. The first-order valence-corrected chi connectivity index (χ1v) is 10.2. The van der Waals surface area contributed by atoms with E-state index in [2.05, 4.69) is 20.3 Å². The molecule has 4 aromatic rings. The van der Waals surface area contributed by atoms with Crippen molar-refractivity contribution < 1.29 is 4.79 Å². The molecule has 2 aromatic heterocycles. The molecular weight excluding hydrogens is 388 g/mol. The Kier molecular flexibility index (Phi) is 5.45. The van der Waals surface area contributed by atoms with Crippen molar-refractivity contribution in [2.75, 3.05) is 5.32 Å². The zero-order chi connectivity index (χ0) is 19.3. The predicted molar refractivity (Wildman–Crippen MR) is 113 cm³/mol. The van der Waals surface area contributed by atoms with Crippen LogP contribution in [0.3, 0.4) is 0 Å². The normalized spacial score (nSPS) is 10.6. The monoisotopic (exact) mass is 404 g/mol. The quantitative estimate of drug-likeness (QED) is 0.457. The van der Waals surface area contributed by atoms with Crippen molar-refractivity contribution in [1.29, 1.82) is 0 Å². The first-order valence-electron chi connectivity index (χ1n) is 8.57. The third-order valence-electron chi connectivity index (χ3n) is 3.95. The maximum Gasteiger partial charge on any atom is 0.267 e. The lowest BCUT2D eigenvalue weighted by atomic mass is 10.2. The Labute approximate surface area is 170 Å². The number of nitrogens with one attached hydrogen (secondary N) is 1. The highest BCUT2D eigenvalue weighted by Gasteiger charge is 2.13. The number of amides is 1. The Morgan fingerprint density at radius 2 is 1.79 bits per heavy atom. The molecule has 0 spiro atoms. The number of anilines is 1. The minimum absolute atomic E-state index is 0.158. The van der Waals surface area contributed by atoms with Crippen molar-refractivity contribution in [3.05, 3.63) is 83.6 Å². The molecule has 0 fully saturated rings. The fraction of sp³-hybridized carbons (Fsp3) is 0.0476. The Hall–Kier alpha value is -3.03. The third kappa shape index (κ3) is 4.27. The van der Waals surface area contributed by atoms with Crippen molar-refractivity contribution in [2.45, 2.75) is 17.0 Å². The van der Waals surface area contributed by atoms with Crippen LogP contribution in [0, 0.1) is 6.92 Å². The average molecular weight is 405 g/mol. The van der Waals surface area contributed by atoms with Crippen molar-refractivity contribution in [3.8, 4) is 10.6 Å². The summed E-state index contributed by atoms with van der Waals surface area (Å²) >= 11 is 2.86. The molecule has 2 heterocycles. The summed E-state index contributed by atoms with van der Waals surface area (Å²) in [5.74, 6) is -0.158. The number of rotatable bonds is 5. The summed E-state index contributed by atoms with van der Waals surface area (Å²) in [6.45, 7) is 1.97. The lowest BCUT2D eigenvalue weighted by molar-refractivity contribution is 0.103. The van der Waals surface area contributed by atoms with Gasteiger partial charge < -0.3 is 5.32 Å². The first kappa shape index (κ1) is 18.3. The molecule has 0 aliphatic heterocycles. The molecule has 0 radical (unpaired) electrons. The molecule has 28 heavy (non-hydrogen) atoms. The number of carbonyl (C=O) groups is 1. The molecule has 7 heteroatoms. The van der Waals surface area contributed by atoms with Crippen LogP contribution in [-0.4, -0.2) is 20.9 Å². The fourth-order valence-electron chi connectivity index (χ4n) is 2.56. The Morgan fingerprint density at radius 1 is 1.00 bits per heavy atom. The maximum absolute atomic E-state index is 12.6. The second kappa shape index (κ2) is 8.33. The molecule has 5 nitrogen and oxygen atoms in total. The van der Waals surface area contributed by atoms with Gasteiger partial charge in [0.05, 0.1) is 6.20 Å². The summed E-state index contributed by atoms with van der Waals surface area (Å²) in [6.07, 6.45) is 5.06. The van der Waals surface area contributed by atoms with E-state index in [4.69, 9.17) is 0 Å². The summed E-state index contributed by atoms with van der Waals surface area (Å²) in [5.41, 5.74) is 2.76. The molecule has 138 valence electrons. The molecule has 0 aliphatic rings. The maximum atomic E-state index is 12.6. The van der Waals surface area contributed by atoms with E-state index in [0.29, 0.717) is 10.0 Å². The number of benzene rings is 2. The zero-order valence-electron chi connectivity index (χ0n) is 15.0. The molecule has 1 amide bonds. The van der Waals surface area contributed by atoms with E-state index in [1.54, 1.807) is 24.7 Å². The Bertz CT molecular complexity index is 1100. The zero-order valence-corrected chi connectivity index (χ0v) is 16.6. The summed E-state index contributed by atoms with van der Waals surface area (Å²) in [6, 6.07) is 17.5. The van der Waals surface area contributed by atoms with Crippen molar-refractivity contribution in [1.82, 2.24) is 15.0 Å². The minimum atomic E-state index is -0.158. The number of carbonyl (C=O) groups excluding carboxylic acids is 1. The molecule has 0 atom stereocenters. The summed E-state index contributed by atoms with van der Waals surface area (Å²) in [7, 11) is 0. The van der Waals surface area contributed by atoms with Crippen LogP contribution in [0.15, 0.2) is 83.2 Å². The predicted octanol–water partition coefficient (Wildman–Crippen LogP) is 5.31. The van der Waals surface area contributed by atoms with Crippen LogP contribution >= 0.6 is 23.1 Å². The highest BCUT2D eigenvalue weighted by atomic mass is 32.2. The van der Waals surface area contributed by atoms with E-state index >= 15 is 0 Å². The van der Waals surface area contributed by atoms with Crippen LogP contribution in [0.5, 0.6) is 0 Å². The van der Waals surface area contributed by atoms with Gasteiger partial charge in [-0.15, -0.1) is 11.3 Å². The summed E-state index contributed by atoms with van der Waals surface area (Å²) in [4.78, 5) is 27.0. The molecule has 0 saturated heterocycles. The van der Waals surface area contributed by atoms with Crippen LogP contribution in [0.4, 0.5) is 5.69 Å². The van der Waals surface area contributed by atoms with Gasteiger partial charge in [0.15, 0.2) is 5.16 Å². The molecule has 0 bridgehead atoms. The van der Waals surface area contributed by atoms with E-state index in [0.717, 1.165) is 26.7 Å². The van der Waals surface area contributed by atoms with Crippen molar-refractivity contribution in [3.63, 3.8) is 0 Å². The van der Waals surface area contributed by atoms with E-state index in [9.17, 15) is 4.79 Å². The minimum Gasteiger partial charge on any atom is -0.321 e. The molecule has 0 saturated carbocycles. The molecule has 1 N–H and O–H groups in total. The Balaban J connectivity index is 1.47. The molecule has 4 rings (SSSR count). The first-order chi connectivity index (χ1) is 13.7. The van der Waals surface area contributed by atoms with Gasteiger partial charge in [-0.25, -0.2) is 15.0 Å². The van der Waals surface area contributed by atoms with Crippen molar-refractivity contribution in [2.24, 2.45) is 0 Å². The fourth-order valence-corrected chi connectivity index (χ4v) is 4.19. The molecule has 0 unspecified atom stereocenters. The molecule has 2 aromatic carbocycles. The van der Waals surface area contributed by atoms with Crippen LogP contribution in [0.1, 0.15) is 15.2 Å². The van der Waals surface area contributed by atoms with Gasteiger partial charge in [0.2, 0.25) is 0 Å². The highest BCUT2D eigenvalue weighted by molar-refractivity contribution is 7.99. The van der Waals surface area contributed by atoms with E-state index in [1.165, 1.54) is 23.1 Å². The smallest absolute Gasteiger partial charge is 0.267 e. The van der Waals surface area contributed by atoms with Gasteiger partial charge in [-0.1, -0.05) is 30.3 Å². The molecular formula is C21H16N4OS2. The number of aryl methyl sites for hydroxylation is 1. The number of nitrogens with zero attached hydrogens (tertiary/aromatic N) is 3. The highest BCUT2D eigenvalue weighted by Crippen LogP contribution is 2.29. The van der Waals surface area contributed by atoms with Crippen LogP contribution in [0.25, 0.3) is 10.6 Å². The average Bonchev–Trinajstić information content (AvgIpc) is 3.22. The van der Waals surface area contributed by atoms with Gasteiger partial charge in [0.25, 0.3) is 5.91 Å². The second-order valence-corrected chi connectivity index (χ2v) is 8.03. The standard InChI is InChI=1S/C21H16N4OS2/c1-14-12-16(27-21-22-10-5-11-23-21)8-9-17(14)25-19(26)18-13-24-20(28-18)15-6-3-2-4-7-15/h2-13H,1H3,(H,25,26). The van der Waals surface area contributed by atoms with Crippen LogP contribution in [-0.2, 0) is 0 Å². The van der Waals surface area contributed by atoms with Gasteiger partial charge in [-0.2, -0.15) is 0 Å².